The summed E-state index contributed by atoms with van der Waals surface area (Å²) in [5.41, 5.74) is -0.174. The number of amides is 1. The molecular weight excluding hydrogens is 337 g/mol. The van der Waals surface area contributed by atoms with Gasteiger partial charge in [0.1, 0.15) is 0 Å². The molecule has 0 bridgehead atoms. The van der Waals surface area contributed by atoms with Gasteiger partial charge in [0.25, 0.3) is 0 Å². The minimum atomic E-state index is -4.37. The number of nitrogens with one attached hydrogen (secondary N) is 1. The molecule has 2 unspecified atom stereocenters. The van der Waals surface area contributed by atoms with Crippen LogP contribution in [0.15, 0.2) is 24.3 Å². The third-order valence-electron chi connectivity index (χ3n) is 4.24. The molecule has 0 aliphatic carbocycles. The second-order valence-electron chi connectivity index (χ2n) is 5.91. The zero-order valence-electron chi connectivity index (χ0n) is 13.9. The number of alkyl halides is 3. The molecule has 7 heteroatoms. The molecule has 1 aromatic rings. The molecule has 2 rings (SSSR count). The average molecular weight is 360 g/mol. The van der Waals surface area contributed by atoms with Crippen LogP contribution in [0.3, 0.4) is 0 Å². The molecule has 1 aromatic carbocycles. The molecule has 1 saturated heterocycles. The Bertz CT molecular complexity index is 559. The summed E-state index contributed by atoms with van der Waals surface area (Å²) in [4.78, 5) is 14.2. The summed E-state index contributed by atoms with van der Waals surface area (Å²) < 4.78 is 38.7. The molecule has 134 valence electrons. The fourth-order valence-electron chi connectivity index (χ4n) is 2.90. The molecule has 3 nitrogen and oxygen atoms in total. The number of rotatable bonds is 5. The van der Waals surface area contributed by atoms with Gasteiger partial charge in [-0.3, -0.25) is 4.79 Å². The normalized spacial score (nSPS) is 19.8. The van der Waals surface area contributed by atoms with Crippen molar-refractivity contribution in [1.82, 2.24) is 10.2 Å². The van der Waals surface area contributed by atoms with Crippen LogP contribution in [0.5, 0.6) is 0 Å². The van der Waals surface area contributed by atoms with Crippen LogP contribution >= 0.6 is 11.8 Å². The maximum absolute atomic E-state index is 12.9. The van der Waals surface area contributed by atoms with E-state index in [1.54, 1.807) is 17.9 Å². The van der Waals surface area contributed by atoms with Crippen LogP contribution in [-0.4, -0.2) is 41.4 Å². The lowest BCUT2D eigenvalue weighted by atomic mass is 10.0. The van der Waals surface area contributed by atoms with E-state index in [2.05, 4.69) is 5.32 Å². The van der Waals surface area contributed by atoms with E-state index in [1.165, 1.54) is 6.07 Å². The highest BCUT2D eigenvalue weighted by atomic mass is 32.2. The van der Waals surface area contributed by atoms with E-state index in [-0.39, 0.29) is 18.0 Å². The van der Waals surface area contributed by atoms with Crippen LogP contribution < -0.4 is 5.32 Å². The Morgan fingerprint density at radius 3 is 2.79 bits per heavy atom. The molecule has 0 radical (unpaired) electrons. The van der Waals surface area contributed by atoms with Crippen molar-refractivity contribution in [3.63, 3.8) is 0 Å². The number of hydrogen-bond donors (Lipinski definition) is 1. The molecule has 1 N–H and O–H groups in total. The summed E-state index contributed by atoms with van der Waals surface area (Å²) >= 11 is 1.82. The molecule has 0 saturated carbocycles. The first kappa shape index (κ1) is 19.1. The van der Waals surface area contributed by atoms with Crippen molar-refractivity contribution in [3.05, 3.63) is 35.4 Å². The van der Waals surface area contributed by atoms with Gasteiger partial charge in [-0.25, -0.2) is 0 Å². The molecule has 1 amide bonds. The summed E-state index contributed by atoms with van der Waals surface area (Å²) in [5.74, 6) is 1.91. The van der Waals surface area contributed by atoms with Gasteiger partial charge < -0.3 is 10.2 Å². The number of carbonyl (C=O) groups is 1. The van der Waals surface area contributed by atoms with Gasteiger partial charge in [0.2, 0.25) is 5.91 Å². The van der Waals surface area contributed by atoms with Crippen LogP contribution in [0.25, 0.3) is 0 Å². The van der Waals surface area contributed by atoms with Gasteiger partial charge in [0.05, 0.1) is 11.6 Å². The molecule has 24 heavy (non-hydrogen) atoms. The Balaban J connectivity index is 2.10. The molecule has 0 aromatic heterocycles. The fourth-order valence-corrected chi connectivity index (χ4v) is 3.85. The zero-order chi connectivity index (χ0) is 17.7. The van der Waals surface area contributed by atoms with Crippen LogP contribution in [-0.2, 0) is 11.0 Å². The third-order valence-corrected chi connectivity index (χ3v) is 5.38. The highest BCUT2D eigenvalue weighted by Gasteiger charge is 2.31. The lowest BCUT2D eigenvalue weighted by Gasteiger charge is -2.31. The van der Waals surface area contributed by atoms with Gasteiger partial charge in [-0.05, 0) is 31.5 Å². The summed E-state index contributed by atoms with van der Waals surface area (Å²) in [6.07, 6.45) is -4.00. The second kappa shape index (κ2) is 8.25. The van der Waals surface area contributed by atoms with Crippen molar-refractivity contribution in [2.75, 3.05) is 24.6 Å². The van der Waals surface area contributed by atoms with Gasteiger partial charge in [0.15, 0.2) is 0 Å². The predicted molar refractivity (Wildman–Crippen MR) is 91.0 cm³/mol. The third kappa shape index (κ3) is 4.89. The molecule has 1 aliphatic heterocycles. The van der Waals surface area contributed by atoms with Gasteiger partial charge in [0, 0.05) is 37.1 Å². The summed E-state index contributed by atoms with van der Waals surface area (Å²) in [7, 11) is 0. The van der Waals surface area contributed by atoms with Crippen LogP contribution in [0.2, 0.25) is 0 Å². The molecule has 1 heterocycles. The van der Waals surface area contributed by atoms with Crippen molar-refractivity contribution < 1.29 is 18.0 Å². The first-order valence-corrected chi connectivity index (χ1v) is 9.26. The monoisotopic (exact) mass is 360 g/mol. The predicted octanol–water partition coefficient (Wildman–Crippen LogP) is 3.71. The highest BCUT2D eigenvalue weighted by molar-refractivity contribution is 7.99. The van der Waals surface area contributed by atoms with E-state index in [1.807, 2.05) is 18.7 Å². The summed E-state index contributed by atoms with van der Waals surface area (Å²) in [5, 5.41) is 3.32. The molecule has 1 aliphatic rings. The average Bonchev–Trinajstić information content (AvgIpc) is 2.55. The largest absolute Gasteiger partial charge is 0.416 e. The smallest absolute Gasteiger partial charge is 0.336 e. The van der Waals surface area contributed by atoms with Gasteiger partial charge in [-0.1, -0.05) is 12.1 Å². The maximum Gasteiger partial charge on any atom is 0.416 e. The summed E-state index contributed by atoms with van der Waals surface area (Å²) in [6, 6.07) is 4.98. The second-order valence-corrected chi connectivity index (χ2v) is 7.06. The van der Waals surface area contributed by atoms with Crippen molar-refractivity contribution in [1.29, 1.82) is 0 Å². The van der Waals surface area contributed by atoms with E-state index in [4.69, 9.17) is 0 Å². The Labute approximate surface area is 145 Å². The number of nitrogens with zero attached hydrogens (tertiary/aromatic N) is 1. The lowest BCUT2D eigenvalue weighted by molar-refractivity contribution is -0.137. The van der Waals surface area contributed by atoms with Crippen LogP contribution in [0.4, 0.5) is 13.2 Å². The van der Waals surface area contributed by atoms with Gasteiger partial charge >= 0.3 is 6.18 Å². The van der Waals surface area contributed by atoms with Gasteiger partial charge in [-0.2, -0.15) is 24.9 Å². The number of benzene rings is 1. The Kier molecular flexibility index (Phi) is 6.57. The van der Waals surface area contributed by atoms with Gasteiger partial charge in [-0.15, -0.1) is 0 Å². The van der Waals surface area contributed by atoms with E-state index in [0.717, 1.165) is 30.2 Å². The first-order chi connectivity index (χ1) is 11.3. The highest BCUT2D eigenvalue weighted by Crippen LogP contribution is 2.32. The standard InChI is InChI=1S/C17H23F3N2OS/c1-3-22(16(23)10-15-11-24-8-7-21-15)12(2)13-5-4-6-14(9-13)17(18,19)20/h4-6,9,12,15,21H,3,7-8,10-11H2,1-2H3. The lowest BCUT2D eigenvalue weighted by Crippen LogP contribution is -2.43. The summed E-state index contributed by atoms with van der Waals surface area (Å²) in [6.45, 7) is 4.99. The van der Waals surface area contributed by atoms with Crippen molar-refractivity contribution in [2.24, 2.45) is 0 Å². The maximum atomic E-state index is 12.9. The number of thioether (sulfide) groups is 1. The van der Waals surface area contributed by atoms with E-state index in [9.17, 15) is 18.0 Å². The zero-order valence-corrected chi connectivity index (χ0v) is 14.7. The van der Waals surface area contributed by atoms with Crippen LogP contribution in [0.1, 0.15) is 37.4 Å². The number of hydrogen-bond acceptors (Lipinski definition) is 3. The molecular formula is C17H23F3N2OS. The van der Waals surface area contributed by atoms with Crippen molar-refractivity contribution >= 4 is 17.7 Å². The number of halogens is 3. The van der Waals surface area contributed by atoms with Crippen molar-refractivity contribution in [3.8, 4) is 0 Å². The quantitative estimate of drug-likeness (QED) is 0.869. The van der Waals surface area contributed by atoms with E-state index < -0.39 is 11.7 Å². The SMILES string of the molecule is CCN(C(=O)CC1CSCCN1)C(C)c1cccc(C(F)(F)F)c1. The fraction of sp³-hybridized carbons (Fsp3) is 0.588. The Morgan fingerprint density at radius 2 is 2.21 bits per heavy atom. The Hall–Kier alpha value is -1.21. The van der Waals surface area contributed by atoms with Crippen molar-refractivity contribution in [2.45, 2.75) is 38.5 Å². The minimum Gasteiger partial charge on any atom is -0.336 e. The first-order valence-electron chi connectivity index (χ1n) is 8.10. The molecule has 0 spiro atoms. The van der Waals surface area contributed by atoms with E-state index in [0.29, 0.717) is 18.5 Å². The van der Waals surface area contributed by atoms with Crippen LogP contribution in [0, 0.1) is 0 Å². The number of carbonyl (C=O) groups excluding carboxylic acids is 1. The molecule has 1 fully saturated rings. The molecule has 2 atom stereocenters. The Morgan fingerprint density at radius 1 is 1.46 bits per heavy atom. The topological polar surface area (TPSA) is 32.3 Å². The van der Waals surface area contributed by atoms with E-state index >= 15 is 0 Å². The minimum absolute atomic E-state index is 0.0255.